The highest BCUT2D eigenvalue weighted by Crippen LogP contribution is 2.32. The molecule has 0 aliphatic carbocycles. The van der Waals surface area contributed by atoms with Crippen LogP contribution in [0.1, 0.15) is 5.56 Å². The highest BCUT2D eigenvalue weighted by atomic mass is 32.2. The Morgan fingerprint density at radius 3 is 2.70 bits per heavy atom. The van der Waals surface area contributed by atoms with Crippen LogP contribution in [0.25, 0.3) is 0 Å². The summed E-state index contributed by atoms with van der Waals surface area (Å²) in [6, 6.07) is 4.80. The Labute approximate surface area is 117 Å². The van der Waals surface area contributed by atoms with Gasteiger partial charge < -0.3 is 10.0 Å². The van der Waals surface area contributed by atoms with Crippen molar-refractivity contribution in [1.82, 2.24) is 4.31 Å². The van der Waals surface area contributed by atoms with E-state index in [9.17, 15) is 13.2 Å². The van der Waals surface area contributed by atoms with E-state index in [2.05, 4.69) is 0 Å². The lowest BCUT2D eigenvalue weighted by Crippen LogP contribution is -2.51. The third-order valence-corrected chi connectivity index (χ3v) is 5.78. The van der Waals surface area contributed by atoms with Crippen molar-refractivity contribution in [2.24, 2.45) is 5.92 Å². The van der Waals surface area contributed by atoms with E-state index in [0.29, 0.717) is 13.1 Å². The molecule has 1 saturated heterocycles. The fourth-order valence-corrected chi connectivity index (χ4v) is 4.23. The van der Waals surface area contributed by atoms with Crippen molar-refractivity contribution < 1.29 is 18.3 Å². The van der Waals surface area contributed by atoms with Crippen LogP contribution < -0.4 is 4.90 Å². The molecule has 2 heterocycles. The molecule has 0 unspecified atom stereocenters. The minimum Gasteiger partial charge on any atom is -0.396 e. The van der Waals surface area contributed by atoms with Crippen molar-refractivity contribution >= 4 is 21.6 Å². The van der Waals surface area contributed by atoms with Gasteiger partial charge in [-0.25, -0.2) is 8.42 Å². The van der Waals surface area contributed by atoms with Gasteiger partial charge in [0.15, 0.2) is 0 Å². The number of fused-ring (bicyclic) bond motifs is 1. The van der Waals surface area contributed by atoms with E-state index >= 15 is 0 Å². The number of sulfonamides is 1. The molecule has 1 aromatic rings. The molecule has 0 spiro atoms. The summed E-state index contributed by atoms with van der Waals surface area (Å²) in [6.45, 7) is 0.721. The number of hydrogen-bond donors (Lipinski definition) is 1. The highest BCUT2D eigenvalue weighted by molar-refractivity contribution is 7.89. The predicted molar refractivity (Wildman–Crippen MR) is 72.9 cm³/mol. The van der Waals surface area contributed by atoms with E-state index in [1.807, 2.05) is 0 Å². The lowest BCUT2D eigenvalue weighted by Gasteiger charge is -2.36. The number of amides is 1. The van der Waals surface area contributed by atoms with E-state index in [1.165, 1.54) is 15.3 Å². The van der Waals surface area contributed by atoms with Crippen molar-refractivity contribution in [3.8, 4) is 0 Å². The second-order valence-corrected chi connectivity index (χ2v) is 7.23. The van der Waals surface area contributed by atoms with Crippen molar-refractivity contribution in [2.75, 3.05) is 31.6 Å². The van der Waals surface area contributed by atoms with E-state index < -0.39 is 10.0 Å². The van der Waals surface area contributed by atoms with Gasteiger partial charge in [-0.2, -0.15) is 4.31 Å². The minimum absolute atomic E-state index is 0.00943. The number of hydrogen-bond acceptors (Lipinski definition) is 4. The molecule has 1 amide bonds. The smallest absolute Gasteiger partial charge is 0.243 e. The number of likely N-dealkylation sites (N-methyl/N-ethyl adjacent to an activating group) is 1. The maximum absolute atomic E-state index is 12.4. The van der Waals surface area contributed by atoms with Crippen LogP contribution in [0.2, 0.25) is 0 Å². The van der Waals surface area contributed by atoms with Gasteiger partial charge >= 0.3 is 0 Å². The molecule has 1 N–H and O–H groups in total. The number of carbonyl (C=O) groups is 1. The molecule has 0 radical (unpaired) electrons. The number of rotatable bonds is 3. The normalized spacial score (nSPS) is 20.1. The van der Waals surface area contributed by atoms with Gasteiger partial charge in [0.2, 0.25) is 15.9 Å². The standard InChI is InChI=1S/C13H16N2O4S/c1-14-12-3-2-11(4-10(12)5-13(14)17)20(18,19)15-6-9(7-15)8-16/h2-4,9,16H,5-8H2,1H3. The van der Waals surface area contributed by atoms with Gasteiger partial charge in [0, 0.05) is 38.3 Å². The van der Waals surface area contributed by atoms with Crippen LogP contribution in [0.5, 0.6) is 0 Å². The molecule has 0 atom stereocenters. The van der Waals surface area contributed by atoms with Crippen LogP contribution in [0.3, 0.4) is 0 Å². The average molecular weight is 296 g/mol. The van der Waals surface area contributed by atoms with Crippen LogP contribution in [0.15, 0.2) is 23.1 Å². The minimum atomic E-state index is -3.51. The zero-order valence-corrected chi connectivity index (χ0v) is 11.9. The van der Waals surface area contributed by atoms with Gasteiger partial charge in [-0.05, 0) is 23.8 Å². The van der Waals surface area contributed by atoms with Gasteiger partial charge in [-0.15, -0.1) is 0 Å². The second-order valence-electron chi connectivity index (χ2n) is 5.29. The third kappa shape index (κ3) is 1.93. The number of carbonyl (C=O) groups excluding carboxylic acids is 1. The highest BCUT2D eigenvalue weighted by Gasteiger charge is 2.37. The van der Waals surface area contributed by atoms with E-state index in [4.69, 9.17) is 5.11 Å². The molecular weight excluding hydrogens is 280 g/mol. The summed E-state index contributed by atoms with van der Waals surface area (Å²) in [5.74, 6) is 0.00533. The van der Waals surface area contributed by atoms with Crippen LogP contribution in [0.4, 0.5) is 5.69 Å². The van der Waals surface area contributed by atoms with Crippen molar-refractivity contribution in [3.05, 3.63) is 23.8 Å². The molecule has 1 aromatic carbocycles. The second kappa shape index (κ2) is 4.54. The number of nitrogens with zero attached hydrogens (tertiary/aromatic N) is 2. The van der Waals surface area contributed by atoms with Crippen LogP contribution in [0, 0.1) is 5.92 Å². The molecule has 1 fully saturated rings. The Balaban J connectivity index is 1.89. The Morgan fingerprint density at radius 1 is 1.35 bits per heavy atom. The maximum Gasteiger partial charge on any atom is 0.243 e. The van der Waals surface area contributed by atoms with E-state index in [0.717, 1.165) is 11.3 Å². The van der Waals surface area contributed by atoms with Gasteiger partial charge in [0.25, 0.3) is 0 Å². The molecule has 108 valence electrons. The van der Waals surface area contributed by atoms with E-state index in [1.54, 1.807) is 19.2 Å². The van der Waals surface area contributed by atoms with Crippen molar-refractivity contribution in [1.29, 1.82) is 0 Å². The zero-order chi connectivity index (χ0) is 14.5. The van der Waals surface area contributed by atoms with Crippen LogP contribution in [-0.2, 0) is 21.2 Å². The largest absolute Gasteiger partial charge is 0.396 e. The Kier molecular flexibility index (Phi) is 3.07. The first-order valence-electron chi connectivity index (χ1n) is 6.44. The Bertz CT molecular complexity index is 665. The Morgan fingerprint density at radius 2 is 2.05 bits per heavy atom. The van der Waals surface area contributed by atoms with E-state index in [-0.39, 0.29) is 29.7 Å². The summed E-state index contributed by atoms with van der Waals surface area (Å²) in [4.78, 5) is 13.4. The molecule has 0 bridgehead atoms. The molecule has 2 aliphatic rings. The molecular formula is C13H16N2O4S. The average Bonchev–Trinajstić information content (AvgIpc) is 2.63. The lowest BCUT2D eigenvalue weighted by atomic mass is 10.1. The van der Waals surface area contributed by atoms with Gasteiger partial charge in [0.05, 0.1) is 11.3 Å². The number of anilines is 1. The van der Waals surface area contributed by atoms with Gasteiger partial charge in [-0.1, -0.05) is 0 Å². The zero-order valence-electron chi connectivity index (χ0n) is 11.1. The fraction of sp³-hybridized carbons (Fsp3) is 0.462. The first kappa shape index (κ1) is 13.5. The van der Waals surface area contributed by atoms with Crippen molar-refractivity contribution in [3.63, 3.8) is 0 Å². The number of aliphatic hydroxyl groups is 1. The molecule has 0 saturated carbocycles. The summed E-state index contributed by atoms with van der Waals surface area (Å²) < 4.78 is 26.1. The summed E-state index contributed by atoms with van der Waals surface area (Å²) in [5, 5.41) is 8.96. The lowest BCUT2D eigenvalue weighted by molar-refractivity contribution is -0.117. The first-order chi connectivity index (χ1) is 9.43. The van der Waals surface area contributed by atoms with Crippen LogP contribution in [-0.4, -0.2) is 50.5 Å². The summed E-state index contributed by atoms with van der Waals surface area (Å²) in [6.07, 6.45) is 0.245. The molecule has 7 heteroatoms. The number of aliphatic hydroxyl groups excluding tert-OH is 1. The Hall–Kier alpha value is -1.44. The third-order valence-electron chi connectivity index (χ3n) is 3.95. The topological polar surface area (TPSA) is 77.9 Å². The summed E-state index contributed by atoms with van der Waals surface area (Å²) in [5.41, 5.74) is 1.52. The molecule has 20 heavy (non-hydrogen) atoms. The molecule has 3 rings (SSSR count). The predicted octanol–water partition coefficient (Wildman–Crippen LogP) is -0.182. The fourth-order valence-electron chi connectivity index (χ4n) is 2.59. The van der Waals surface area contributed by atoms with Gasteiger partial charge in [0.1, 0.15) is 0 Å². The van der Waals surface area contributed by atoms with Crippen LogP contribution >= 0.6 is 0 Å². The van der Waals surface area contributed by atoms with Gasteiger partial charge in [-0.3, -0.25) is 4.79 Å². The summed E-state index contributed by atoms with van der Waals surface area (Å²) >= 11 is 0. The quantitative estimate of drug-likeness (QED) is 0.839. The van der Waals surface area contributed by atoms with Crippen molar-refractivity contribution in [2.45, 2.75) is 11.3 Å². The number of benzene rings is 1. The first-order valence-corrected chi connectivity index (χ1v) is 7.88. The molecule has 6 nitrogen and oxygen atoms in total. The summed E-state index contributed by atoms with van der Waals surface area (Å²) in [7, 11) is -1.83. The SMILES string of the molecule is CN1C(=O)Cc2cc(S(=O)(=O)N3CC(CO)C3)ccc21. The maximum atomic E-state index is 12.4. The monoisotopic (exact) mass is 296 g/mol. The molecule has 0 aromatic heterocycles. The molecule has 2 aliphatic heterocycles.